The van der Waals surface area contributed by atoms with Crippen LogP contribution in [0.4, 0.5) is 0 Å². The van der Waals surface area contributed by atoms with Gasteiger partial charge in [-0.15, -0.1) is 0 Å². The van der Waals surface area contributed by atoms with Crippen molar-refractivity contribution in [1.82, 2.24) is 0 Å². The average Bonchev–Trinajstić information content (AvgIpc) is 3.14. The fraction of sp³-hybridized carbons (Fsp3) is 0.851. The Bertz CT molecular complexity index is 957. The number of rotatable bonds is 41. The van der Waals surface area contributed by atoms with Crippen LogP contribution in [0, 0.1) is 0 Å². The van der Waals surface area contributed by atoms with Gasteiger partial charge in [0.1, 0.15) is 6.61 Å². The molecule has 0 rings (SSSR count). The van der Waals surface area contributed by atoms with E-state index >= 15 is 0 Å². The molecule has 322 valence electrons. The van der Waals surface area contributed by atoms with Gasteiger partial charge in [-0.1, -0.05) is 173 Å². The van der Waals surface area contributed by atoms with E-state index in [2.05, 4.69) is 38.2 Å². The highest BCUT2D eigenvalue weighted by atomic mass is 16.6. The molecular weight excluding hydrogens is 691 g/mol. The lowest BCUT2D eigenvalue weighted by Gasteiger charge is -2.31. The maximum Gasteiger partial charge on any atom is 0.362 e. The summed E-state index contributed by atoms with van der Waals surface area (Å²) in [6.45, 7) is 4.72. The molecule has 55 heavy (non-hydrogen) atoms. The first-order valence-corrected chi connectivity index (χ1v) is 22.9. The van der Waals surface area contributed by atoms with Gasteiger partial charge in [0.05, 0.1) is 34.4 Å². The quantitative estimate of drug-likeness (QED) is 0.0285. The van der Waals surface area contributed by atoms with Crippen LogP contribution in [0.15, 0.2) is 24.3 Å². The van der Waals surface area contributed by atoms with E-state index in [1.807, 2.05) is 21.1 Å². The minimum atomic E-state index is -0.877. The Labute approximate surface area is 339 Å². The molecule has 8 heteroatoms. The first-order chi connectivity index (χ1) is 26.6. The monoisotopic (exact) mass is 779 g/mol. The van der Waals surface area contributed by atoms with Crippen molar-refractivity contribution in [2.75, 3.05) is 41.0 Å². The van der Waals surface area contributed by atoms with E-state index in [9.17, 15) is 19.5 Å². The standard InChI is InChI=1S/C47H87NO7/c1-6-8-10-12-14-16-18-20-22-24-26-28-30-32-34-36-38-46(50)55-43(41-53-40-39-44(47(51)52)48(3,4)5)42-54-45(49)37-35-33-31-29-27-25-23-21-19-17-15-13-11-9-7-2/h22,24,26,28,43-44H,6-21,23,25,27,29-42H2,1-5H3/p+1/b24-22+,28-26+. The van der Waals surface area contributed by atoms with E-state index < -0.39 is 18.1 Å². The highest BCUT2D eigenvalue weighted by Crippen LogP contribution is 2.15. The SMILES string of the molecule is CCCCCCCCC/C=C/C=C/CCCCCC(=O)OC(COCCC(C(=O)O)[N+](C)(C)C)COC(=O)CCCCCCCCCCCCCCCCC. The fourth-order valence-electron chi connectivity index (χ4n) is 6.79. The number of ether oxygens (including phenoxy) is 3. The van der Waals surface area contributed by atoms with Crippen LogP contribution in [-0.4, -0.2) is 80.6 Å². The van der Waals surface area contributed by atoms with Crippen molar-refractivity contribution in [3.05, 3.63) is 24.3 Å². The van der Waals surface area contributed by atoms with E-state index in [-0.39, 0.29) is 36.2 Å². The second kappa shape index (κ2) is 38.7. The molecule has 0 fully saturated rings. The van der Waals surface area contributed by atoms with Crippen molar-refractivity contribution in [3.63, 3.8) is 0 Å². The summed E-state index contributed by atoms with van der Waals surface area (Å²) in [4.78, 5) is 37.0. The Morgan fingerprint density at radius 2 is 0.945 bits per heavy atom. The Hall–Kier alpha value is -2.19. The number of quaternary nitrogens is 1. The van der Waals surface area contributed by atoms with Gasteiger partial charge in [0.25, 0.3) is 0 Å². The molecule has 0 aliphatic rings. The van der Waals surface area contributed by atoms with E-state index in [1.165, 1.54) is 122 Å². The number of allylic oxidation sites excluding steroid dienone is 4. The normalized spacial score (nSPS) is 13.1. The Kier molecular flexibility index (Phi) is 37.1. The van der Waals surface area contributed by atoms with Crippen molar-refractivity contribution in [3.8, 4) is 0 Å². The van der Waals surface area contributed by atoms with Gasteiger partial charge in [0.15, 0.2) is 12.1 Å². The molecule has 0 radical (unpaired) electrons. The Morgan fingerprint density at radius 1 is 0.545 bits per heavy atom. The zero-order valence-electron chi connectivity index (χ0n) is 36.6. The molecule has 0 bridgehead atoms. The molecule has 0 aliphatic carbocycles. The number of nitrogens with zero attached hydrogens (tertiary/aromatic N) is 1. The van der Waals surface area contributed by atoms with Crippen LogP contribution >= 0.6 is 0 Å². The minimum absolute atomic E-state index is 0.0543. The zero-order valence-corrected chi connectivity index (χ0v) is 36.6. The van der Waals surface area contributed by atoms with E-state index in [0.717, 1.165) is 51.4 Å². The van der Waals surface area contributed by atoms with Gasteiger partial charge in [-0.25, -0.2) is 4.79 Å². The highest BCUT2D eigenvalue weighted by molar-refractivity contribution is 5.72. The molecular formula is C47H88NO7+. The molecule has 0 aromatic heterocycles. The third-order valence-electron chi connectivity index (χ3n) is 10.4. The smallest absolute Gasteiger partial charge is 0.362 e. The first kappa shape index (κ1) is 52.8. The van der Waals surface area contributed by atoms with Gasteiger partial charge in [-0.05, 0) is 38.5 Å². The number of likely N-dealkylation sites (N-methyl/N-ethyl adjacent to an activating group) is 1. The molecule has 8 nitrogen and oxygen atoms in total. The summed E-state index contributed by atoms with van der Waals surface area (Å²) >= 11 is 0. The van der Waals surface area contributed by atoms with Crippen molar-refractivity contribution < 1.29 is 38.2 Å². The summed E-state index contributed by atoms with van der Waals surface area (Å²) in [7, 11) is 5.52. The van der Waals surface area contributed by atoms with Crippen LogP contribution in [0.2, 0.25) is 0 Å². The minimum Gasteiger partial charge on any atom is -0.477 e. The van der Waals surface area contributed by atoms with Gasteiger partial charge >= 0.3 is 17.9 Å². The van der Waals surface area contributed by atoms with Gasteiger partial charge in [0, 0.05) is 19.3 Å². The second-order valence-corrected chi connectivity index (χ2v) is 16.7. The molecule has 0 heterocycles. The molecule has 2 atom stereocenters. The lowest BCUT2D eigenvalue weighted by Crippen LogP contribution is -2.50. The summed E-state index contributed by atoms with van der Waals surface area (Å²) in [5, 5.41) is 9.62. The molecule has 0 aromatic rings. The summed E-state index contributed by atoms with van der Waals surface area (Å²) in [6, 6.07) is -0.616. The lowest BCUT2D eigenvalue weighted by molar-refractivity contribution is -0.887. The Balaban J connectivity index is 4.36. The number of carbonyl (C=O) groups excluding carboxylic acids is 2. The van der Waals surface area contributed by atoms with Crippen molar-refractivity contribution in [2.24, 2.45) is 0 Å². The maximum absolute atomic E-state index is 12.7. The van der Waals surface area contributed by atoms with E-state index in [0.29, 0.717) is 19.3 Å². The summed E-state index contributed by atoms with van der Waals surface area (Å²) < 4.78 is 17.3. The maximum atomic E-state index is 12.7. The summed E-state index contributed by atoms with van der Waals surface area (Å²) in [5.74, 6) is -1.49. The van der Waals surface area contributed by atoms with Gasteiger partial charge in [0.2, 0.25) is 0 Å². The zero-order chi connectivity index (χ0) is 40.7. The van der Waals surface area contributed by atoms with Gasteiger partial charge in [-0.2, -0.15) is 0 Å². The largest absolute Gasteiger partial charge is 0.477 e. The van der Waals surface area contributed by atoms with Gasteiger partial charge < -0.3 is 23.8 Å². The van der Waals surface area contributed by atoms with Crippen LogP contribution < -0.4 is 0 Å². The van der Waals surface area contributed by atoms with E-state index in [4.69, 9.17) is 14.2 Å². The van der Waals surface area contributed by atoms with Crippen LogP contribution in [0.5, 0.6) is 0 Å². The molecule has 2 unspecified atom stereocenters. The highest BCUT2D eigenvalue weighted by Gasteiger charge is 2.31. The molecule has 0 saturated carbocycles. The molecule has 0 spiro atoms. The van der Waals surface area contributed by atoms with Crippen LogP contribution in [0.25, 0.3) is 0 Å². The second-order valence-electron chi connectivity index (χ2n) is 16.7. The van der Waals surface area contributed by atoms with Crippen molar-refractivity contribution in [1.29, 1.82) is 0 Å². The van der Waals surface area contributed by atoms with Crippen molar-refractivity contribution in [2.45, 2.75) is 219 Å². The number of esters is 2. The fourth-order valence-corrected chi connectivity index (χ4v) is 6.79. The van der Waals surface area contributed by atoms with Crippen molar-refractivity contribution >= 4 is 17.9 Å². The third kappa shape index (κ3) is 37.2. The molecule has 1 N–H and O–H groups in total. The number of unbranched alkanes of at least 4 members (excludes halogenated alkanes) is 24. The predicted octanol–water partition coefficient (Wildman–Crippen LogP) is 12.5. The molecule has 0 aromatic carbocycles. The predicted molar refractivity (Wildman–Crippen MR) is 229 cm³/mol. The number of aliphatic carboxylic acids is 1. The summed E-state index contributed by atoms with van der Waals surface area (Å²) in [5.41, 5.74) is 0. The molecule has 0 amide bonds. The first-order valence-electron chi connectivity index (χ1n) is 22.9. The molecule has 0 saturated heterocycles. The van der Waals surface area contributed by atoms with Crippen LogP contribution in [0.3, 0.4) is 0 Å². The number of hydrogen-bond acceptors (Lipinski definition) is 6. The van der Waals surface area contributed by atoms with Crippen LogP contribution in [0.1, 0.15) is 206 Å². The number of carboxylic acids is 1. The van der Waals surface area contributed by atoms with Crippen LogP contribution in [-0.2, 0) is 28.6 Å². The topological polar surface area (TPSA) is 99.1 Å². The van der Waals surface area contributed by atoms with Gasteiger partial charge in [-0.3, -0.25) is 9.59 Å². The third-order valence-corrected chi connectivity index (χ3v) is 10.4. The number of carboxylic acid groups (broad SMARTS) is 1. The lowest BCUT2D eigenvalue weighted by atomic mass is 10.0. The number of hydrogen-bond donors (Lipinski definition) is 1. The Morgan fingerprint density at radius 3 is 1.38 bits per heavy atom. The van der Waals surface area contributed by atoms with E-state index in [1.54, 1.807) is 0 Å². The number of carbonyl (C=O) groups is 3. The summed E-state index contributed by atoms with van der Waals surface area (Å²) in [6.07, 6.45) is 42.2. The molecule has 0 aliphatic heterocycles. The average molecular weight is 779 g/mol.